The summed E-state index contributed by atoms with van der Waals surface area (Å²) >= 11 is 5.92. The van der Waals surface area contributed by atoms with Crippen molar-refractivity contribution in [3.8, 4) is 0 Å². The Morgan fingerprint density at radius 2 is 2.06 bits per heavy atom. The van der Waals surface area contributed by atoms with E-state index in [1.165, 1.54) is 32.1 Å². The van der Waals surface area contributed by atoms with Crippen molar-refractivity contribution < 1.29 is 0 Å². The van der Waals surface area contributed by atoms with Crippen molar-refractivity contribution in [1.82, 2.24) is 9.97 Å². The van der Waals surface area contributed by atoms with E-state index in [0.29, 0.717) is 10.6 Å². The number of nitrogens with one attached hydrogen (secondary N) is 1. The van der Waals surface area contributed by atoms with E-state index in [1.54, 1.807) is 6.07 Å². The lowest BCUT2D eigenvalue weighted by molar-refractivity contribution is 0.306. The normalized spacial score (nSPS) is 18.3. The van der Waals surface area contributed by atoms with Crippen LogP contribution in [0.1, 0.15) is 44.9 Å². The number of hydrogen-bond donors (Lipinski definition) is 1. The van der Waals surface area contributed by atoms with E-state index in [0.717, 1.165) is 18.2 Å². The number of halogens is 1. The van der Waals surface area contributed by atoms with Gasteiger partial charge in [-0.05, 0) is 31.6 Å². The molecule has 0 aliphatic heterocycles. The standard InChI is InChI=1S/C13H20ClN3/c1-3-13(6-4-5-7-13)9-15-12-8-11(14)16-10(2)17-12/h8H,3-7,9H2,1-2H3,(H,15,16,17). The summed E-state index contributed by atoms with van der Waals surface area (Å²) < 4.78 is 0. The number of nitrogens with zero attached hydrogens (tertiary/aromatic N) is 2. The smallest absolute Gasteiger partial charge is 0.134 e. The van der Waals surface area contributed by atoms with Crippen LogP contribution in [0.3, 0.4) is 0 Å². The van der Waals surface area contributed by atoms with E-state index < -0.39 is 0 Å². The first-order valence-corrected chi connectivity index (χ1v) is 6.76. The van der Waals surface area contributed by atoms with Crippen molar-refractivity contribution in [2.45, 2.75) is 46.0 Å². The Labute approximate surface area is 108 Å². The molecular weight excluding hydrogens is 234 g/mol. The van der Waals surface area contributed by atoms with Gasteiger partial charge in [0.25, 0.3) is 0 Å². The van der Waals surface area contributed by atoms with Crippen molar-refractivity contribution in [3.05, 3.63) is 17.0 Å². The molecule has 2 rings (SSSR count). The number of rotatable bonds is 4. The Kier molecular flexibility index (Phi) is 3.87. The first-order chi connectivity index (χ1) is 8.13. The van der Waals surface area contributed by atoms with Gasteiger partial charge < -0.3 is 5.32 Å². The molecule has 0 atom stereocenters. The van der Waals surface area contributed by atoms with Crippen LogP contribution in [0.4, 0.5) is 5.82 Å². The number of aromatic nitrogens is 2. The van der Waals surface area contributed by atoms with Crippen LogP contribution in [0.2, 0.25) is 5.15 Å². The van der Waals surface area contributed by atoms with E-state index in [1.807, 2.05) is 6.92 Å². The SMILES string of the molecule is CCC1(CNc2cc(Cl)nc(C)n2)CCCC1. The highest BCUT2D eigenvalue weighted by Gasteiger charge is 2.31. The van der Waals surface area contributed by atoms with Crippen LogP contribution in [0, 0.1) is 12.3 Å². The van der Waals surface area contributed by atoms with Crippen LogP contribution < -0.4 is 5.32 Å². The van der Waals surface area contributed by atoms with Gasteiger partial charge >= 0.3 is 0 Å². The highest BCUT2D eigenvalue weighted by molar-refractivity contribution is 6.29. The predicted octanol–water partition coefficient (Wildman–Crippen LogP) is 3.82. The summed E-state index contributed by atoms with van der Waals surface area (Å²) in [7, 11) is 0. The highest BCUT2D eigenvalue weighted by Crippen LogP contribution is 2.40. The summed E-state index contributed by atoms with van der Waals surface area (Å²) in [5.74, 6) is 1.57. The Balaban J connectivity index is 2.01. The Morgan fingerprint density at radius 3 is 2.65 bits per heavy atom. The van der Waals surface area contributed by atoms with Crippen molar-refractivity contribution in [2.24, 2.45) is 5.41 Å². The second-order valence-corrected chi connectivity index (χ2v) is 5.42. The lowest BCUT2D eigenvalue weighted by Crippen LogP contribution is -2.26. The molecule has 17 heavy (non-hydrogen) atoms. The molecule has 0 saturated heterocycles. The monoisotopic (exact) mass is 253 g/mol. The highest BCUT2D eigenvalue weighted by atomic mass is 35.5. The molecule has 0 aromatic carbocycles. The molecule has 1 aliphatic rings. The van der Waals surface area contributed by atoms with Crippen molar-refractivity contribution in [2.75, 3.05) is 11.9 Å². The second kappa shape index (κ2) is 5.21. The van der Waals surface area contributed by atoms with Crippen LogP contribution in [-0.4, -0.2) is 16.5 Å². The van der Waals surface area contributed by atoms with Crippen LogP contribution >= 0.6 is 11.6 Å². The van der Waals surface area contributed by atoms with Gasteiger partial charge in [0.15, 0.2) is 0 Å². The van der Waals surface area contributed by atoms with Gasteiger partial charge in [-0.1, -0.05) is 31.4 Å². The summed E-state index contributed by atoms with van der Waals surface area (Å²) in [6, 6.07) is 1.80. The summed E-state index contributed by atoms with van der Waals surface area (Å²) in [5.41, 5.74) is 0.464. The number of hydrogen-bond acceptors (Lipinski definition) is 3. The zero-order valence-corrected chi connectivity index (χ0v) is 11.3. The van der Waals surface area contributed by atoms with Gasteiger partial charge in [-0.25, -0.2) is 9.97 Å². The molecule has 0 spiro atoms. The average Bonchev–Trinajstić information content (AvgIpc) is 2.74. The Morgan fingerprint density at radius 1 is 1.35 bits per heavy atom. The quantitative estimate of drug-likeness (QED) is 0.829. The van der Waals surface area contributed by atoms with Crippen LogP contribution in [0.15, 0.2) is 6.07 Å². The minimum absolute atomic E-state index is 0.464. The zero-order chi connectivity index (χ0) is 12.3. The molecule has 1 N–H and O–H groups in total. The fraction of sp³-hybridized carbons (Fsp3) is 0.692. The molecule has 1 heterocycles. The predicted molar refractivity (Wildman–Crippen MR) is 71.5 cm³/mol. The van der Waals surface area contributed by atoms with Crippen molar-refractivity contribution in [1.29, 1.82) is 0 Å². The minimum atomic E-state index is 0.464. The van der Waals surface area contributed by atoms with E-state index in [9.17, 15) is 0 Å². The summed E-state index contributed by atoms with van der Waals surface area (Å²) in [6.07, 6.45) is 6.61. The molecule has 0 amide bonds. The van der Waals surface area contributed by atoms with Crippen LogP contribution in [0.5, 0.6) is 0 Å². The number of anilines is 1. The Hall–Kier alpha value is -0.830. The molecule has 1 aromatic heterocycles. The van der Waals surface area contributed by atoms with Gasteiger partial charge in [0.2, 0.25) is 0 Å². The number of aryl methyl sites for hydroxylation is 1. The van der Waals surface area contributed by atoms with Crippen molar-refractivity contribution >= 4 is 17.4 Å². The topological polar surface area (TPSA) is 37.8 Å². The summed E-state index contributed by atoms with van der Waals surface area (Å²) in [5, 5.41) is 3.94. The fourth-order valence-electron chi connectivity index (χ4n) is 2.68. The molecule has 1 fully saturated rings. The average molecular weight is 254 g/mol. The van der Waals surface area contributed by atoms with E-state index in [2.05, 4.69) is 22.2 Å². The second-order valence-electron chi connectivity index (χ2n) is 5.04. The lowest BCUT2D eigenvalue weighted by Gasteiger charge is -2.27. The van der Waals surface area contributed by atoms with E-state index >= 15 is 0 Å². The summed E-state index contributed by atoms with van der Waals surface area (Å²) in [6.45, 7) is 5.14. The Bertz CT molecular complexity index is 366. The summed E-state index contributed by atoms with van der Waals surface area (Å²) in [4.78, 5) is 8.42. The third kappa shape index (κ3) is 3.09. The molecule has 94 valence electrons. The molecule has 4 heteroatoms. The molecule has 3 nitrogen and oxygen atoms in total. The van der Waals surface area contributed by atoms with Gasteiger partial charge in [0, 0.05) is 12.6 Å². The van der Waals surface area contributed by atoms with Gasteiger partial charge in [-0.2, -0.15) is 0 Å². The largest absolute Gasteiger partial charge is 0.369 e. The maximum Gasteiger partial charge on any atom is 0.134 e. The molecule has 0 bridgehead atoms. The van der Waals surface area contributed by atoms with Gasteiger partial charge in [0.05, 0.1) is 0 Å². The van der Waals surface area contributed by atoms with Crippen LogP contribution in [0.25, 0.3) is 0 Å². The molecular formula is C13H20ClN3. The maximum atomic E-state index is 5.92. The first kappa shape index (κ1) is 12.6. The van der Waals surface area contributed by atoms with Gasteiger partial charge in [-0.3, -0.25) is 0 Å². The van der Waals surface area contributed by atoms with Crippen molar-refractivity contribution in [3.63, 3.8) is 0 Å². The maximum absolute atomic E-state index is 5.92. The molecule has 0 radical (unpaired) electrons. The van der Waals surface area contributed by atoms with E-state index in [4.69, 9.17) is 11.6 Å². The zero-order valence-electron chi connectivity index (χ0n) is 10.6. The molecule has 1 aromatic rings. The van der Waals surface area contributed by atoms with E-state index in [-0.39, 0.29) is 0 Å². The third-order valence-electron chi connectivity index (χ3n) is 3.87. The fourth-order valence-corrected chi connectivity index (χ4v) is 2.91. The molecule has 1 aliphatic carbocycles. The molecule has 0 unspecified atom stereocenters. The van der Waals surface area contributed by atoms with Crippen LogP contribution in [-0.2, 0) is 0 Å². The van der Waals surface area contributed by atoms with Gasteiger partial charge in [-0.15, -0.1) is 0 Å². The minimum Gasteiger partial charge on any atom is -0.369 e. The molecule has 1 saturated carbocycles. The first-order valence-electron chi connectivity index (χ1n) is 6.39. The van der Waals surface area contributed by atoms with Gasteiger partial charge in [0.1, 0.15) is 16.8 Å². The third-order valence-corrected chi connectivity index (χ3v) is 4.06. The lowest BCUT2D eigenvalue weighted by atomic mass is 9.83.